The number of halogens is 6. The summed E-state index contributed by atoms with van der Waals surface area (Å²) in [4.78, 5) is 41.9. The summed E-state index contributed by atoms with van der Waals surface area (Å²) < 4.78 is 95.0. The number of benzene rings is 3. The van der Waals surface area contributed by atoms with Crippen molar-refractivity contribution >= 4 is 12.0 Å². The number of rotatable bonds is 9. The summed E-state index contributed by atoms with van der Waals surface area (Å²) in [7, 11) is 1.36. The van der Waals surface area contributed by atoms with E-state index in [4.69, 9.17) is 9.47 Å². The molecule has 1 unspecified atom stereocenters. The van der Waals surface area contributed by atoms with Crippen molar-refractivity contribution < 1.29 is 45.4 Å². The highest BCUT2D eigenvalue weighted by Gasteiger charge is 2.56. The number of carbonyl (C=O) groups is 2. The van der Waals surface area contributed by atoms with Crippen LogP contribution in [0, 0.1) is 0 Å². The average molecular weight is 706 g/mol. The van der Waals surface area contributed by atoms with Gasteiger partial charge in [-0.2, -0.15) is 31.4 Å². The lowest BCUT2D eigenvalue weighted by molar-refractivity contribution is -0.144. The molecule has 0 aliphatic carbocycles. The van der Waals surface area contributed by atoms with Gasteiger partial charge in [0.05, 0.1) is 35.9 Å². The van der Waals surface area contributed by atoms with Gasteiger partial charge in [0.15, 0.2) is 0 Å². The lowest BCUT2D eigenvalue weighted by Crippen LogP contribution is -2.67. The van der Waals surface area contributed by atoms with E-state index in [2.05, 4.69) is 15.5 Å². The minimum Gasteiger partial charge on any atom is -0.445 e. The first-order chi connectivity index (χ1) is 23.6. The van der Waals surface area contributed by atoms with Crippen molar-refractivity contribution in [1.29, 1.82) is 0 Å². The van der Waals surface area contributed by atoms with Crippen molar-refractivity contribution in [2.75, 3.05) is 20.2 Å². The fourth-order valence-corrected chi connectivity index (χ4v) is 6.21. The second kappa shape index (κ2) is 14.0. The number of H-pyrrole nitrogens is 1. The van der Waals surface area contributed by atoms with E-state index in [9.17, 15) is 40.7 Å². The molecule has 1 saturated heterocycles. The predicted molar refractivity (Wildman–Crippen MR) is 166 cm³/mol. The number of ether oxygens (including phenoxy) is 2. The Hall–Kier alpha value is -5.12. The van der Waals surface area contributed by atoms with Gasteiger partial charge >= 0.3 is 24.1 Å². The smallest absolute Gasteiger partial charge is 0.416 e. The normalized spacial score (nSPS) is 20.3. The summed E-state index contributed by atoms with van der Waals surface area (Å²) in [5.74, 6) is -0.624. The Labute approximate surface area is 282 Å². The Morgan fingerprint density at radius 3 is 2.08 bits per heavy atom. The van der Waals surface area contributed by atoms with Crippen LogP contribution in [0.2, 0.25) is 0 Å². The highest BCUT2D eigenvalue weighted by molar-refractivity contribution is 5.85. The second-order valence-corrected chi connectivity index (χ2v) is 12.0. The maximum absolute atomic E-state index is 14.2. The summed E-state index contributed by atoms with van der Waals surface area (Å²) in [5.41, 5.74) is -6.18. The lowest BCUT2D eigenvalue weighted by atomic mass is 9.74. The first kappa shape index (κ1) is 36.2. The Balaban J connectivity index is 1.59. The van der Waals surface area contributed by atoms with Crippen LogP contribution >= 0.6 is 0 Å². The molecule has 0 saturated carbocycles. The van der Waals surface area contributed by atoms with Crippen LogP contribution < -0.4 is 11.0 Å². The molecule has 0 radical (unpaired) electrons. The summed E-state index contributed by atoms with van der Waals surface area (Å²) in [5, 5.41) is 8.57. The first-order valence-electron chi connectivity index (χ1n) is 15.4. The van der Waals surface area contributed by atoms with E-state index >= 15 is 0 Å². The summed E-state index contributed by atoms with van der Waals surface area (Å²) >= 11 is 0. The zero-order valence-corrected chi connectivity index (χ0v) is 26.8. The number of aromatic amines is 1. The minimum absolute atomic E-state index is 0.0312. The number of likely N-dealkylation sites (N-methyl/N-ethyl adjacent to an activating group) is 1. The molecule has 10 nitrogen and oxygen atoms in total. The predicted octanol–water partition coefficient (Wildman–Crippen LogP) is 6.16. The largest absolute Gasteiger partial charge is 0.445 e. The van der Waals surface area contributed by atoms with Crippen molar-refractivity contribution in [2.45, 2.75) is 55.9 Å². The molecule has 1 aliphatic rings. The van der Waals surface area contributed by atoms with E-state index in [0.29, 0.717) is 23.3 Å². The molecule has 1 aromatic heterocycles. The van der Waals surface area contributed by atoms with E-state index in [0.717, 1.165) is 10.9 Å². The molecule has 2 N–H and O–H groups in total. The highest BCUT2D eigenvalue weighted by atomic mass is 19.4. The quantitative estimate of drug-likeness (QED) is 0.202. The van der Waals surface area contributed by atoms with E-state index in [-0.39, 0.29) is 25.5 Å². The third kappa shape index (κ3) is 7.25. The van der Waals surface area contributed by atoms with Crippen LogP contribution in [0.5, 0.6) is 0 Å². The first-order valence-corrected chi connectivity index (χ1v) is 15.4. The Morgan fingerprint density at radius 2 is 1.54 bits per heavy atom. The van der Waals surface area contributed by atoms with Gasteiger partial charge in [-0.25, -0.2) is 14.7 Å². The highest BCUT2D eigenvalue weighted by Crippen LogP contribution is 2.45. The van der Waals surface area contributed by atoms with Gasteiger partial charge in [-0.15, -0.1) is 0 Å². The van der Waals surface area contributed by atoms with Crippen LogP contribution in [0.25, 0.3) is 0 Å². The van der Waals surface area contributed by atoms with Gasteiger partial charge in [-0.3, -0.25) is 14.3 Å². The lowest BCUT2D eigenvalue weighted by Gasteiger charge is -2.52. The zero-order valence-electron chi connectivity index (χ0n) is 26.8. The van der Waals surface area contributed by atoms with Crippen LogP contribution in [0.4, 0.5) is 31.1 Å². The molecule has 2 heterocycles. The van der Waals surface area contributed by atoms with E-state index < -0.39 is 77.1 Å². The number of nitrogens with one attached hydrogen (secondary N) is 2. The Bertz CT molecular complexity index is 1830. The van der Waals surface area contributed by atoms with Crippen molar-refractivity contribution in [3.8, 4) is 0 Å². The minimum atomic E-state index is -5.07. The van der Waals surface area contributed by atoms with Crippen molar-refractivity contribution in [3.05, 3.63) is 123 Å². The van der Waals surface area contributed by atoms with Gasteiger partial charge in [-0.1, -0.05) is 60.7 Å². The van der Waals surface area contributed by atoms with E-state index in [1.54, 1.807) is 60.7 Å². The molecule has 50 heavy (non-hydrogen) atoms. The van der Waals surface area contributed by atoms with Crippen LogP contribution in [-0.2, 0) is 44.3 Å². The van der Waals surface area contributed by atoms with Gasteiger partial charge in [-0.05, 0) is 54.7 Å². The second-order valence-electron chi connectivity index (χ2n) is 12.0. The van der Waals surface area contributed by atoms with E-state index in [1.807, 2.05) is 0 Å². The van der Waals surface area contributed by atoms with Crippen LogP contribution in [0.15, 0.2) is 90.0 Å². The maximum Gasteiger partial charge on any atom is 0.416 e. The number of hydrogen-bond donors (Lipinski definition) is 2. The number of piperidine rings is 1. The fraction of sp³-hybridized carbons (Fsp3) is 0.353. The molecule has 1 aliphatic heterocycles. The van der Waals surface area contributed by atoms with Crippen molar-refractivity contribution in [2.24, 2.45) is 0 Å². The molecule has 16 heteroatoms. The van der Waals surface area contributed by atoms with Crippen LogP contribution in [0.3, 0.4) is 0 Å². The average Bonchev–Trinajstić information content (AvgIpc) is 3.55. The number of aromatic nitrogens is 3. The molecule has 3 aromatic carbocycles. The van der Waals surface area contributed by atoms with Gasteiger partial charge in [0.2, 0.25) is 5.91 Å². The van der Waals surface area contributed by atoms with Crippen molar-refractivity contribution in [3.63, 3.8) is 0 Å². The van der Waals surface area contributed by atoms with E-state index in [1.165, 1.54) is 18.9 Å². The molecular weight excluding hydrogens is 672 g/mol. The molecule has 0 bridgehead atoms. The summed E-state index contributed by atoms with van der Waals surface area (Å²) in [6, 6.07) is 18.3. The third-order valence-corrected chi connectivity index (χ3v) is 8.94. The molecular formula is C34H33F6N5O5. The summed E-state index contributed by atoms with van der Waals surface area (Å²) in [6.07, 6.45) is -11.4. The van der Waals surface area contributed by atoms with Gasteiger partial charge in [0.25, 0.3) is 0 Å². The molecule has 266 valence electrons. The van der Waals surface area contributed by atoms with Gasteiger partial charge in [0.1, 0.15) is 18.5 Å². The maximum atomic E-state index is 14.2. The molecule has 4 aromatic rings. The number of nitrogens with zero attached hydrogens (tertiary/aromatic N) is 3. The van der Waals surface area contributed by atoms with Crippen LogP contribution in [0.1, 0.15) is 53.7 Å². The van der Waals surface area contributed by atoms with Crippen LogP contribution in [-0.4, -0.2) is 51.9 Å². The number of hydrogen-bond acceptors (Lipinski definition) is 6. The number of amides is 2. The number of likely N-dealkylation sites (tertiary alicyclic amines) is 1. The topological polar surface area (TPSA) is 119 Å². The molecule has 0 spiro atoms. The van der Waals surface area contributed by atoms with Gasteiger partial charge in [0, 0.05) is 7.05 Å². The molecule has 1 fully saturated rings. The Morgan fingerprint density at radius 1 is 0.940 bits per heavy atom. The third-order valence-electron chi connectivity index (χ3n) is 8.94. The molecule has 5 rings (SSSR count). The standard InChI is InChI=1S/C34H33F6N5O5/c1-22(24-15-26(33(35,36)37)17-27(16-24)34(38,39)40)50-20-32(25-11-7-4-8-12-25)14-13-31(28(46)41-2,45-21-42-43-29(45)47)19-44(32)30(48)49-18-23-9-5-3-6-10-23/h3-12,15-17,21-22H,13-14,18-20H2,1-2H3,(H,41,46)(H,43,47)/t22-,31?,32-/m1/s1. The van der Waals surface area contributed by atoms with Crippen molar-refractivity contribution in [1.82, 2.24) is 25.0 Å². The Kier molecular flexibility index (Phi) is 10.1. The zero-order chi connectivity index (χ0) is 36.3. The monoisotopic (exact) mass is 705 g/mol. The molecule has 2 amide bonds. The van der Waals surface area contributed by atoms with Gasteiger partial charge < -0.3 is 14.8 Å². The summed E-state index contributed by atoms with van der Waals surface area (Å²) in [6.45, 7) is 0.227. The number of carbonyl (C=O) groups excluding carboxylic acids is 2. The molecule has 3 atom stereocenters. The number of alkyl halides is 6. The fourth-order valence-electron chi connectivity index (χ4n) is 6.21. The SMILES string of the molecule is CNC(=O)C1(n2cn[nH]c2=O)CC[C@@](CO[C@H](C)c2cc(C(F)(F)F)cc(C(F)(F)F)c2)(c2ccccc2)N(C(=O)OCc2ccccc2)C1.